The van der Waals surface area contributed by atoms with Crippen LogP contribution in [-0.2, 0) is 13.7 Å². The molecule has 0 atom stereocenters. The molecule has 0 aliphatic heterocycles. The van der Waals surface area contributed by atoms with Gasteiger partial charge in [-0.2, -0.15) is 9.36 Å². The maximum Gasteiger partial charge on any atom is 0.368 e. The van der Waals surface area contributed by atoms with Crippen LogP contribution >= 0.6 is 0 Å². The molecule has 4 aromatic rings. The summed E-state index contributed by atoms with van der Waals surface area (Å²) < 4.78 is 14.2. The fraction of sp³-hybridized carbons (Fsp3) is 0.0952. The van der Waals surface area contributed by atoms with Crippen LogP contribution in [0.3, 0.4) is 0 Å². The number of rotatable bonds is 6. The Bertz CT molecular complexity index is 1140. The number of hydrogen-bond donors (Lipinski definition) is 0. The van der Waals surface area contributed by atoms with Gasteiger partial charge in [-0.1, -0.05) is 42.5 Å². The third kappa shape index (κ3) is 3.78. The Kier molecular flexibility index (Phi) is 4.88. The highest BCUT2D eigenvalue weighted by Crippen LogP contribution is 2.26. The Morgan fingerprint density at radius 3 is 2.32 bits per heavy atom. The summed E-state index contributed by atoms with van der Waals surface area (Å²) in [5, 5.41) is 7.67. The number of aromatic nitrogens is 4. The number of para-hydroxylation sites is 2. The van der Waals surface area contributed by atoms with E-state index in [-0.39, 0.29) is 12.3 Å². The summed E-state index contributed by atoms with van der Waals surface area (Å²) >= 11 is 0. The van der Waals surface area contributed by atoms with Crippen molar-refractivity contribution >= 4 is 0 Å². The molecule has 0 saturated carbocycles. The van der Waals surface area contributed by atoms with Crippen LogP contribution in [-0.4, -0.2) is 19.8 Å². The second-order valence-corrected chi connectivity index (χ2v) is 6.10. The van der Waals surface area contributed by atoms with Crippen LogP contribution in [0, 0.1) is 0 Å². The molecule has 0 amide bonds. The van der Waals surface area contributed by atoms with Gasteiger partial charge in [0.15, 0.2) is 0 Å². The van der Waals surface area contributed by atoms with Crippen LogP contribution in [0.15, 0.2) is 83.7 Å². The van der Waals surface area contributed by atoms with Crippen LogP contribution in [0.1, 0.15) is 5.56 Å². The van der Waals surface area contributed by atoms with Gasteiger partial charge in [0.05, 0.1) is 5.69 Å². The van der Waals surface area contributed by atoms with Crippen molar-refractivity contribution in [3.8, 4) is 22.9 Å². The lowest BCUT2D eigenvalue weighted by atomic mass is 10.2. The Balaban J connectivity index is 1.52. The summed E-state index contributed by atoms with van der Waals surface area (Å²) in [4.78, 5) is 12.2. The van der Waals surface area contributed by atoms with E-state index in [9.17, 15) is 4.79 Å². The van der Waals surface area contributed by atoms with Crippen molar-refractivity contribution in [2.45, 2.75) is 6.61 Å². The van der Waals surface area contributed by atoms with Gasteiger partial charge in [-0.3, -0.25) is 0 Å². The molecule has 0 spiro atoms. The van der Waals surface area contributed by atoms with Crippen molar-refractivity contribution in [2.24, 2.45) is 7.05 Å². The van der Waals surface area contributed by atoms with Crippen LogP contribution < -0.4 is 15.2 Å². The minimum atomic E-state index is -0.314. The molecule has 1 aromatic heterocycles. The van der Waals surface area contributed by atoms with E-state index < -0.39 is 0 Å². The second-order valence-electron chi connectivity index (χ2n) is 6.10. The summed E-state index contributed by atoms with van der Waals surface area (Å²) in [6.45, 7) is 0.272. The Morgan fingerprint density at radius 2 is 1.54 bits per heavy atom. The van der Waals surface area contributed by atoms with E-state index in [4.69, 9.17) is 9.47 Å². The molecule has 7 heteroatoms. The number of aryl methyl sites for hydroxylation is 1. The molecular weight excluding hydrogens is 356 g/mol. The molecule has 28 heavy (non-hydrogen) atoms. The van der Waals surface area contributed by atoms with Crippen LogP contribution in [0.5, 0.6) is 17.2 Å². The van der Waals surface area contributed by atoms with Gasteiger partial charge in [-0.05, 0) is 40.8 Å². The lowest BCUT2D eigenvalue weighted by molar-refractivity contribution is 0.304. The van der Waals surface area contributed by atoms with Gasteiger partial charge in [0.1, 0.15) is 23.9 Å². The zero-order chi connectivity index (χ0) is 19.3. The van der Waals surface area contributed by atoms with Crippen molar-refractivity contribution in [1.82, 2.24) is 19.8 Å². The van der Waals surface area contributed by atoms with Gasteiger partial charge in [-0.25, -0.2) is 4.79 Å². The Labute approximate surface area is 161 Å². The zero-order valence-electron chi connectivity index (χ0n) is 15.2. The van der Waals surface area contributed by atoms with Crippen molar-refractivity contribution in [3.63, 3.8) is 0 Å². The van der Waals surface area contributed by atoms with Gasteiger partial charge >= 0.3 is 5.69 Å². The number of nitrogens with zero attached hydrogens (tertiary/aromatic N) is 4. The molecule has 0 radical (unpaired) electrons. The maximum absolute atomic E-state index is 12.2. The van der Waals surface area contributed by atoms with E-state index in [2.05, 4.69) is 10.4 Å². The van der Waals surface area contributed by atoms with E-state index >= 15 is 0 Å². The topological polar surface area (TPSA) is 71.2 Å². The molecule has 0 saturated heterocycles. The number of ether oxygens (including phenoxy) is 2. The van der Waals surface area contributed by atoms with Crippen LogP contribution in [0.25, 0.3) is 5.69 Å². The third-order valence-electron chi connectivity index (χ3n) is 4.12. The molecule has 0 aliphatic carbocycles. The summed E-state index contributed by atoms with van der Waals surface area (Å²) in [5.41, 5.74) is 1.14. The van der Waals surface area contributed by atoms with Crippen molar-refractivity contribution in [2.75, 3.05) is 0 Å². The SMILES string of the molecule is Cn1nnn(-c2ccccc2COc2cccc(Oc3ccccc3)c2)c1=O. The zero-order valence-corrected chi connectivity index (χ0v) is 15.2. The van der Waals surface area contributed by atoms with Gasteiger partial charge < -0.3 is 9.47 Å². The van der Waals surface area contributed by atoms with Gasteiger partial charge in [0, 0.05) is 18.7 Å². The van der Waals surface area contributed by atoms with Crippen molar-refractivity contribution in [1.29, 1.82) is 0 Å². The molecule has 1 heterocycles. The van der Waals surface area contributed by atoms with E-state index in [0.29, 0.717) is 17.2 Å². The second kappa shape index (κ2) is 7.79. The summed E-state index contributed by atoms with van der Waals surface area (Å²) in [6.07, 6.45) is 0. The lowest BCUT2D eigenvalue weighted by Gasteiger charge is -2.11. The quantitative estimate of drug-likeness (QED) is 0.518. The molecule has 0 fully saturated rings. The first-order chi connectivity index (χ1) is 13.7. The predicted molar refractivity (Wildman–Crippen MR) is 104 cm³/mol. The smallest absolute Gasteiger partial charge is 0.368 e. The first kappa shape index (κ1) is 17.5. The van der Waals surface area contributed by atoms with E-state index in [1.165, 1.54) is 9.36 Å². The highest BCUT2D eigenvalue weighted by Gasteiger charge is 2.11. The van der Waals surface area contributed by atoms with Crippen LogP contribution in [0.2, 0.25) is 0 Å². The van der Waals surface area contributed by atoms with E-state index in [1.807, 2.05) is 78.9 Å². The summed E-state index contributed by atoms with van der Waals surface area (Å²) in [6, 6.07) is 24.4. The predicted octanol–water partition coefficient (Wildman–Crippen LogP) is 3.34. The fourth-order valence-electron chi connectivity index (χ4n) is 2.72. The number of tetrazole rings is 1. The number of hydrogen-bond acceptors (Lipinski definition) is 5. The average molecular weight is 374 g/mol. The molecular formula is C21H18N4O3. The normalized spacial score (nSPS) is 10.6. The Morgan fingerprint density at radius 1 is 0.821 bits per heavy atom. The summed E-state index contributed by atoms with van der Waals surface area (Å²) in [7, 11) is 1.56. The minimum absolute atomic E-state index is 0.272. The van der Waals surface area contributed by atoms with Crippen molar-refractivity contribution < 1.29 is 9.47 Å². The molecule has 0 aliphatic rings. The van der Waals surface area contributed by atoms with Crippen molar-refractivity contribution in [3.05, 3.63) is 94.9 Å². The summed E-state index contributed by atoms with van der Waals surface area (Å²) in [5.74, 6) is 2.10. The molecule has 0 bridgehead atoms. The van der Waals surface area contributed by atoms with E-state index in [0.717, 1.165) is 11.3 Å². The molecule has 3 aromatic carbocycles. The largest absolute Gasteiger partial charge is 0.489 e. The minimum Gasteiger partial charge on any atom is -0.489 e. The molecule has 0 N–H and O–H groups in total. The molecule has 0 unspecified atom stereocenters. The average Bonchev–Trinajstić information content (AvgIpc) is 3.06. The molecule has 4 rings (SSSR count). The highest BCUT2D eigenvalue weighted by atomic mass is 16.5. The van der Waals surface area contributed by atoms with Gasteiger partial charge in [0.25, 0.3) is 0 Å². The fourth-order valence-corrected chi connectivity index (χ4v) is 2.72. The highest BCUT2D eigenvalue weighted by molar-refractivity contribution is 5.40. The first-order valence-electron chi connectivity index (χ1n) is 8.74. The molecule has 7 nitrogen and oxygen atoms in total. The van der Waals surface area contributed by atoms with Crippen LogP contribution in [0.4, 0.5) is 0 Å². The monoisotopic (exact) mass is 374 g/mol. The Hall–Kier alpha value is -3.87. The third-order valence-corrected chi connectivity index (χ3v) is 4.12. The van der Waals surface area contributed by atoms with Gasteiger partial charge in [-0.15, -0.1) is 0 Å². The standard InChI is InChI=1S/C21H18N4O3/c1-24-21(26)25(23-22-24)20-13-6-5-8-16(20)15-27-18-11-7-12-19(14-18)28-17-9-3-2-4-10-17/h2-14H,15H2,1H3. The first-order valence-corrected chi connectivity index (χ1v) is 8.74. The maximum atomic E-state index is 12.2. The lowest BCUT2D eigenvalue weighted by Crippen LogP contribution is -2.23. The van der Waals surface area contributed by atoms with Gasteiger partial charge in [0.2, 0.25) is 0 Å². The number of benzene rings is 3. The molecule has 140 valence electrons. The van der Waals surface area contributed by atoms with E-state index in [1.54, 1.807) is 7.05 Å².